The van der Waals surface area contributed by atoms with E-state index in [0.717, 1.165) is 16.9 Å². The molecule has 1 fully saturated rings. The first-order chi connectivity index (χ1) is 18.4. The number of ether oxygens (including phenoxy) is 1. The number of furan rings is 1. The van der Waals surface area contributed by atoms with Crippen LogP contribution in [0.4, 0.5) is 11.4 Å². The Hall–Kier alpha value is -3.59. The molecule has 1 aliphatic rings. The molecule has 1 aliphatic heterocycles. The van der Waals surface area contributed by atoms with Gasteiger partial charge >= 0.3 is 0 Å². The predicted octanol–water partition coefficient (Wildman–Crippen LogP) is 7.18. The second-order valence-electron chi connectivity index (χ2n) is 8.61. The molecule has 2 aromatic heterocycles. The summed E-state index contributed by atoms with van der Waals surface area (Å²) in [5, 5.41) is 7.70. The number of aromatic nitrogens is 1. The SMILES string of the molecule is CCC(=O)Nc1ccc(N2C(=S)N[C@@H](c3ccccn3)[C@@H]2c2ccc(-c3ccc(Cl)c(Cl)c3)o2)cc1OC. The summed E-state index contributed by atoms with van der Waals surface area (Å²) in [6, 6.07) is 19.8. The van der Waals surface area contributed by atoms with Gasteiger partial charge in [0.15, 0.2) is 5.11 Å². The van der Waals surface area contributed by atoms with Crippen LogP contribution < -0.4 is 20.3 Å². The molecule has 2 aromatic carbocycles. The minimum absolute atomic E-state index is 0.104. The fraction of sp³-hybridized carbons (Fsp3) is 0.179. The molecule has 2 atom stereocenters. The fourth-order valence-corrected chi connectivity index (χ4v) is 5.05. The number of carbonyl (C=O) groups is 1. The van der Waals surface area contributed by atoms with Gasteiger partial charge in [0, 0.05) is 29.9 Å². The summed E-state index contributed by atoms with van der Waals surface area (Å²) in [6.45, 7) is 1.79. The first kappa shape index (κ1) is 26.0. The molecule has 10 heteroatoms. The van der Waals surface area contributed by atoms with Crippen molar-refractivity contribution in [1.29, 1.82) is 0 Å². The van der Waals surface area contributed by atoms with Crippen molar-refractivity contribution in [3.63, 3.8) is 0 Å². The van der Waals surface area contributed by atoms with Crippen molar-refractivity contribution in [3.05, 3.63) is 94.4 Å². The van der Waals surface area contributed by atoms with Crippen molar-refractivity contribution in [3.8, 4) is 17.1 Å². The van der Waals surface area contributed by atoms with Gasteiger partial charge in [0.25, 0.3) is 0 Å². The van der Waals surface area contributed by atoms with Crippen molar-refractivity contribution >= 4 is 57.8 Å². The molecule has 0 spiro atoms. The van der Waals surface area contributed by atoms with Crippen LogP contribution in [0, 0.1) is 0 Å². The maximum atomic E-state index is 12.0. The average Bonchev–Trinajstić information content (AvgIpc) is 3.55. The second-order valence-corrected chi connectivity index (χ2v) is 9.81. The average molecular weight is 567 g/mol. The lowest BCUT2D eigenvalue weighted by atomic mass is 10.0. The number of methoxy groups -OCH3 is 1. The molecule has 38 heavy (non-hydrogen) atoms. The zero-order valence-corrected chi connectivity index (χ0v) is 22.9. The minimum atomic E-state index is -0.366. The number of amides is 1. The largest absolute Gasteiger partial charge is 0.494 e. The maximum Gasteiger partial charge on any atom is 0.224 e. The van der Waals surface area contributed by atoms with Crippen LogP contribution in [0.5, 0.6) is 5.75 Å². The lowest BCUT2D eigenvalue weighted by Gasteiger charge is -2.27. The molecular weight excluding hydrogens is 543 g/mol. The van der Waals surface area contributed by atoms with E-state index in [4.69, 9.17) is 44.6 Å². The first-order valence-corrected chi connectivity index (χ1v) is 13.1. The van der Waals surface area contributed by atoms with Gasteiger partial charge in [0.1, 0.15) is 23.3 Å². The van der Waals surface area contributed by atoms with E-state index in [1.807, 2.05) is 53.4 Å². The van der Waals surface area contributed by atoms with Gasteiger partial charge < -0.3 is 24.7 Å². The Morgan fingerprint density at radius 3 is 2.68 bits per heavy atom. The Bertz CT molecular complexity index is 1490. The van der Waals surface area contributed by atoms with Crippen molar-refractivity contribution < 1.29 is 13.9 Å². The van der Waals surface area contributed by atoms with Gasteiger partial charge in [0.05, 0.1) is 34.6 Å². The topological polar surface area (TPSA) is 79.6 Å². The van der Waals surface area contributed by atoms with Crippen LogP contribution in [-0.4, -0.2) is 23.1 Å². The Balaban J connectivity index is 1.58. The van der Waals surface area contributed by atoms with Crippen molar-refractivity contribution in [1.82, 2.24) is 10.3 Å². The van der Waals surface area contributed by atoms with E-state index in [-0.39, 0.29) is 18.0 Å². The Labute approximate surface area is 235 Å². The molecule has 2 N–H and O–H groups in total. The highest BCUT2D eigenvalue weighted by molar-refractivity contribution is 7.80. The van der Waals surface area contributed by atoms with E-state index < -0.39 is 0 Å². The van der Waals surface area contributed by atoms with Gasteiger partial charge in [-0.1, -0.05) is 36.2 Å². The van der Waals surface area contributed by atoms with E-state index in [1.165, 1.54) is 0 Å². The van der Waals surface area contributed by atoms with Gasteiger partial charge in [-0.3, -0.25) is 9.78 Å². The molecule has 0 unspecified atom stereocenters. The van der Waals surface area contributed by atoms with Crippen molar-refractivity contribution in [2.75, 3.05) is 17.3 Å². The molecule has 3 heterocycles. The highest BCUT2D eigenvalue weighted by atomic mass is 35.5. The van der Waals surface area contributed by atoms with Gasteiger partial charge in [-0.25, -0.2) is 0 Å². The van der Waals surface area contributed by atoms with Crippen LogP contribution in [0.1, 0.15) is 36.9 Å². The normalized spacial score (nSPS) is 16.8. The minimum Gasteiger partial charge on any atom is -0.494 e. The molecule has 4 aromatic rings. The van der Waals surface area contributed by atoms with E-state index in [0.29, 0.717) is 44.5 Å². The number of nitrogens with one attached hydrogen (secondary N) is 2. The number of pyridine rings is 1. The highest BCUT2D eigenvalue weighted by Crippen LogP contribution is 2.44. The molecule has 7 nitrogen and oxygen atoms in total. The zero-order valence-electron chi connectivity index (χ0n) is 20.6. The van der Waals surface area contributed by atoms with Gasteiger partial charge in [-0.2, -0.15) is 0 Å². The molecule has 0 aliphatic carbocycles. The van der Waals surface area contributed by atoms with Crippen LogP contribution in [0.3, 0.4) is 0 Å². The summed E-state index contributed by atoms with van der Waals surface area (Å²) < 4.78 is 12.0. The smallest absolute Gasteiger partial charge is 0.224 e. The highest BCUT2D eigenvalue weighted by Gasteiger charge is 2.42. The predicted molar refractivity (Wildman–Crippen MR) is 154 cm³/mol. The number of thiocarbonyl (C=S) groups is 1. The number of rotatable bonds is 7. The molecule has 0 radical (unpaired) electrons. The van der Waals surface area contributed by atoms with Crippen molar-refractivity contribution in [2.45, 2.75) is 25.4 Å². The van der Waals surface area contributed by atoms with Gasteiger partial charge in [0.2, 0.25) is 5.91 Å². The summed E-state index contributed by atoms with van der Waals surface area (Å²) in [6.07, 6.45) is 2.11. The number of anilines is 2. The molecular formula is C28H24Cl2N4O3S. The zero-order chi connectivity index (χ0) is 26.8. The van der Waals surface area contributed by atoms with Gasteiger partial charge in [-0.15, -0.1) is 0 Å². The molecule has 5 rings (SSSR count). The fourth-order valence-electron chi connectivity index (χ4n) is 4.41. The third-order valence-corrected chi connectivity index (χ3v) is 7.33. The summed E-state index contributed by atoms with van der Waals surface area (Å²) in [7, 11) is 1.56. The summed E-state index contributed by atoms with van der Waals surface area (Å²) in [5.74, 6) is 1.73. The molecule has 0 saturated carbocycles. The van der Waals surface area contributed by atoms with Crippen LogP contribution in [0.15, 0.2) is 77.3 Å². The number of benzene rings is 2. The first-order valence-electron chi connectivity index (χ1n) is 11.9. The monoisotopic (exact) mass is 566 g/mol. The van der Waals surface area contributed by atoms with E-state index in [9.17, 15) is 4.79 Å². The summed E-state index contributed by atoms with van der Waals surface area (Å²) >= 11 is 18.2. The van der Waals surface area contributed by atoms with E-state index in [2.05, 4.69) is 15.6 Å². The Morgan fingerprint density at radius 1 is 1.13 bits per heavy atom. The van der Waals surface area contributed by atoms with Crippen LogP contribution in [0.2, 0.25) is 10.0 Å². The third-order valence-electron chi connectivity index (χ3n) is 6.28. The van der Waals surface area contributed by atoms with E-state index in [1.54, 1.807) is 38.4 Å². The Kier molecular flexibility index (Phi) is 7.56. The maximum absolute atomic E-state index is 12.0. The summed E-state index contributed by atoms with van der Waals surface area (Å²) in [5.41, 5.74) is 2.97. The molecule has 194 valence electrons. The number of hydrogen-bond acceptors (Lipinski definition) is 5. The molecule has 1 amide bonds. The van der Waals surface area contributed by atoms with Gasteiger partial charge in [-0.05, 0) is 66.8 Å². The van der Waals surface area contributed by atoms with Crippen LogP contribution in [-0.2, 0) is 4.79 Å². The number of nitrogens with zero attached hydrogens (tertiary/aromatic N) is 2. The summed E-state index contributed by atoms with van der Waals surface area (Å²) in [4.78, 5) is 18.5. The standard InChI is InChI=1S/C28H24Cl2N4O3S/c1-3-25(35)32-20-10-8-17(15-24(20)36-2)34-27(26(33-28(34)38)21-6-4-5-13-31-21)23-12-11-22(37-23)16-7-9-18(29)19(30)14-16/h4-15,26-27H,3H2,1-2H3,(H,32,35)(H,33,38)/t26-,27-/m0/s1. The van der Waals surface area contributed by atoms with E-state index >= 15 is 0 Å². The third kappa shape index (κ3) is 5.07. The lowest BCUT2D eigenvalue weighted by Crippen LogP contribution is -2.29. The van der Waals surface area contributed by atoms with Crippen LogP contribution in [0.25, 0.3) is 11.3 Å². The molecule has 1 saturated heterocycles. The van der Waals surface area contributed by atoms with Crippen molar-refractivity contribution in [2.24, 2.45) is 0 Å². The number of carbonyl (C=O) groups excluding carboxylic acids is 1. The lowest BCUT2D eigenvalue weighted by molar-refractivity contribution is -0.115. The number of hydrogen-bond donors (Lipinski definition) is 2. The Morgan fingerprint density at radius 2 is 1.97 bits per heavy atom. The van der Waals surface area contributed by atoms with Crippen LogP contribution >= 0.6 is 35.4 Å². The quantitative estimate of drug-likeness (QED) is 0.229. The molecule has 0 bridgehead atoms. The second kappa shape index (κ2) is 11.0. The number of halogens is 2.